The van der Waals surface area contributed by atoms with Crippen LogP contribution in [0.1, 0.15) is 36.8 Å². The highest BCUT2D eigenvalue weighted by molar-refractivity contribution is 5.26. The van der Waals surface area contributed by atoms with Gasteiger partial charge in [-0.3, -0.25) is 0 Å². The Morgan fingerprint density at radius 2 is 1.81 bits per heavy atom. The summed E-state index contributed by atoms with van der Waals surface area (Å²) in [6, 6.07) is 8.27. The van der Waals surface area contributed by atoms with Crippen molar-refractivity contribution >= 4 is 0 Å². The average Bonchev–Trinajstić information content (AvgIpc) is 2.83. The summed E-state index contributed by atoms with van der Waals surface area (Å²) in [5.41, 5.74) is 8.13. The van der Waals surface area contributed by atoms with Gasteiger partial charge in [0.15, 0.2) is 0 Å². The maximum atomic E-state index is 5.79. The van der Waals surface area contributed by atoms with Gasteiger partial charge in [-0.15, -0.1) is 0 Å². The molecule has 0 aromatic heterocycles. The van der Waals surface area contributed by atoms with Crippen LogP contribution in [0.4, 0.5) is 0 Å². The van der Waals surface area contributed by atoms with Crippen LogP contribution in [-0.2, 0) is 17.9 Å². The first-order chi connectivity index (χ1) is 7.90. The molecule has 1 aliphatic carbocycles. The molecule has 1 aliphatic rings. The third-order valence-electron chi connectivity index (χ3n) is 3.42. The third-order valence-corrected chi connectivity index (χ3v) is 3.42. The highest BCUT2D eigenvalue weighted by atomic mass is 16.5. The van der Waals surface area contributed by atoms with Crippen molar-refractivity contribution in [3.8, 4) is 0 Å². The molecule has 2 heteroatoms. The molecule has 0 bridgehead atoms. The van der Waals surface area contributed by atoms with Crippen LogP contribution in [0.25, 0.3) is 0 Å². The van der Waals surface area contributed by atoms with Crippen molar-refractivity contribution in [1.29, 1.82) is 0 Å². The van der Waals surface area contributed by atoms with E-state index in [1.54, 1.807) is 0 Å². The molecule has 0 saturated heterocycles. The van der Waals surface area contributed by atoms with Gasteiger partial charge in [-0.05, 0) is 29.9 Å². The van der Waals surface area contributed by atoms with E-state index in [2.05, 4.69) is 12.1 Å². The van der Waals surface area contributed by atoms with Gasteiger partial charge in [-0.25, -0.2) is 0 Å². The van der Waals surface area contributed by atoms with Gasteiger partial charge < -0.3 is 10.5 Å². The molecule has 1 aromatic rings. The van der Waals surface area contributed by atoms with Gasteiger partial charge in [0.25, 0.3) is 0 Å². The zero-order valence-corrected chi connectivity index (χ0v) is 9.82. The van der Waals surface area contributed by atoms with Crippen molar-refractivity contribution < 1.29 is 4.74 Å². The van der Waals surface area contributed by atoms with E-state index >= 15 is 0 Å². The monoisotopic (exact) mass is 219 g/mol. The fourth-order valence-electron chi connectivity index (χ4n) is 2.41. The smallest absolute Gasteiger partial charge is 0.0720 e. The van der Waals surface area contributed by atoms with Crippen LogP contribution >= 0.6 is 0 Å². The highest BCUT2D eigenvalue weighted by Gasteiger charge is 2.14. The van der Waals surface area contributed by atoms with Gasteiger partial charge in [-0.2, -0.15) is 0 Å². The molecule has 0 spiro atoms. The van der Waals surface area contributed by atoms with Crippen LogP contribution in [0.2, 0.25) is 0 Å². The number of rotatable bonds is 5. The molecular weight excluding hydrogens is 198 g/mol. The van der Waals surface area contributed by atoms with Crippen molar-refractivity contribution in [2.24, 2.45) is 11.7 Å². The van der Waals surface area contributed by atoms with Gasteiger partial charge in [0, 0.05) is 13.2 Å². The Bertz CT molecular complexity index is 318. The maximum Gasteiger partial charge on any atom is 0.0720 e. The molecule has 0 unspecified atom stereocenters. The van der Waals surface area contributed by atoms with Crippen molar-refractivity contribution in [2.45, 2.75) is 38.8 Å². The Hall–Kier alpha value is -0.860. The van der Waals surface area contributed by atoms with Crippen molar-refractivity contribution in [3.63, 3.8) is 0 Å². The normalized spacial score (nSPS) is 16.8. The minimum Gasteiger partial charge on any atom is -0.376 e. The minimum absolute atomic E-state index is 0.600. The van der Waals surface area contributed by atoms with E-state index in [1.807, 2.05) is 12.1 Å². The molecular formula is C14H21NO. The molecule has 1 fully saturated rings. The van der Waals surface area contributed by atoms with Crippen molar-refractivity contribution in [2.75, 3.05) is 6.61 Å². The lowest BCUT2D eigenvalue weighted by molar-refractivity contribution is 0.0884. The van der Waals surface area contributed by atoms with E-state index in [4.69, 9.17) is 10.5 Å². The summed E-state index contributed by atoms with van der Waals surface area (Å²) >= 11 is 0. The summed E-state index contributed by atoms with van der Waals surface area (Å²) in [5.74, 6) is 0.796. The Morgan fingerprint density at radius 1 is 1.12 bits per heavy atom. The summed E-state index contributed by atoms with van der Waals surface area (Å²) in [6.07, 6.45) is 5.46. The molecule has 2 N–H and O–H groups in total. The van der Waals surface area contributed by atoms with Crippen molar-refractivity contribution in [1.82, 2.24) is 0 Å². The average molecular weight is 219 g/mol. The number of benzene rings is 1. The predicted octanol–water partition coefficient (Wildman–Crippen LogP) is 2.85. The number of hydrogen-bond acceptors (Lipinski definition) is 2. The Balaban J connectivity index is 1.79. The van der Waals surface area contributed by atoms with Gasteiger partial charge in [-0.1, -0.05) is 37.1 Å². The summed E-state index contributed by atoms with van der Waals surface area (Å²) in [5, 5.41) is 0. The topological polar surface area (TPSA) is 35.2 Å². The molecule has 2 nitrogen and oxygen atoms in total. The van der Waals surface area contributed by atoms with Crippen molar-refractivity contribution in [3.05, 3.63) is 35.4 Å². The standard InChI is InChI=1S/C14H21NO/c15-9-13-7-3-4-8-14(13)11-16-10-12-5-1-2-6-12/h3-4,7-8,12H,1-2,5-6,9-11,15H2. The second kappa shape index (κ2) is 6.02. The van der Waals surface area contributed by atoms with Crippen LogP contribution in [0, 0.1) is 5.92 Å². The molecule has 2 rings (SSSR count). The Morgan fingerprint density at radius 3 is 2.50 bits per heavy atom. The first-order valence-corrected chi connectivity index (χ1v) is 6.24. The Labute approximate surface area is 97.8 Å². The molecule has 16 heavy (non-hydrogen) atoms. The number of ether oxygens (including phenoxy) is 1. The second-order valence-electron chi connectivity index (χ2n) is 4.64. The summed E-state index contributed by atoms with van der Waals surface area (Å²) in [7, 11) is 0. The molecule has 88 valence electrons. The van der Waals surface area contributed by atoms with E-state index in [0.717, 1.165) is 12.5 Å². The zero-order chi connectivity index (χ0) is 11.2. The first kappa shape index (κ1) is 11.6. The molecule has 0 heterocycles. The van der Waals surface area contributed by atoms with E-state index in [1.165, 1.54) is 36.8 Å². The van der Waals surface area contributed by atoms with Crippen LogP contribution in [0.5, 0.6) is 0 Å². The number of nitrogens with two attached hydrogens (primary N) is 1. The predicted molar refractivity (Wildman–Crippen MR) is 65.9 cm³/mol. The van der Waals surface area contributed by atoms with Crippen LogP contribution < -0.4 is 5.73 Å². The van der Waals surface area contributed by atoms with Crippen LogP contribution in [0.3, 0.4) is 0 Å². The van der Waals surface area contributed by atoms with Gasteiger partial charge >= 0.3 is 0 Å². The van der Waals surface area contributed by atoms with E-state index < -0.39 is 0 Å². The van der Waals surface area contributed by atoms with Crippen LogP contribution in [-0.4, -0.2) is 6.61 Å². The van der Waals surface area contributed by atoms with Gasteiger partial charge in [0.05, 0.1) is 6.61 Å². The first-order valence-electron chi connectivity index (χ1n) is 6.24. The lowest BCUT2D eigenvalue weighted by Gasteiger charge is -2.11. The molecule has 1 aromatic carbocycles. The third kappa shape index (κ3) is 3.06. The van der Waals surface area contributed by atoms with E-state index in [0.29, 0.717) is 13.2 Å². The number of hydrogen-bond donors (Lipinski definition) is 1. The minimum atomic E-state index is 0.600. The fraction of sp³-hybridized carbons (Fsp3) is 0.571. The molecule has 0 atom stereocenters. The summed E-state index contributed by atoms with van der Waals surface area (Å²) < 4.78 is 5.79. The summed E-state index contributed by atoms with van der Waals surface area (Å²) in [6.45, 7) is 2.23. The summed E-state index contributed by atoms with van der Waals surface area (Å²) in [4.78, 5) is 0. The van der Waals surface area contributed by atoms with Crippen LogP contribution in [0.15, 0.2) is 24.3 Å². The van der Waals surface area contributed by atoms with E-state index in [9.17, 15) is 0 Å². The molecule has 1 saturated carbocycles. The van der Waals surface area contributed by atoms with E-state index in [-0.39, 0.29) is 0 Å². The van der Waals surface area contributed by atoms with Gasteiger partial charge in [0.2, 0.25) is 0 Å². The second-order valence-corrected chi connectivity index (χ2v) is 4.64. The largest absolute Gasteiger partial charge is 0.376 e. The quantitative estimate of drug-likeness (QED) is 0.826. The molecule has 0 radical (unpaired) electrons. The highest BCUT2D eigenvalue weighted by Crippen LogP contribution is 2.25. The zero-order valence-electron chi connectivity index (χ0n) is 9.82. The lowest BCUT2D eigenvalue weighted by Crippen LogP contribution is -2.07. The fourth-order valence-corrected chi connectivity index (χ4v) is 2.41. The van der Waals surface area contributed by atoms with Gasteiger partial charge in [0.1, 0.15) is 0 Å². The Kier molecular flexibility index (Phi) is 4.37. The SMILES string of the molecule is NCc1ccccc1COCC1CCCC1. The maximum absolute atomic E-state index is 5.79. The lowest BCUT2D eigenvalue weighted by atomic mass is 10.1. The molecule has 0 amide bonds. The molecule has 0 aliphatic heterocycles.